The van der Waals surface area contributed by atoms with Crippen molar-refractivity contribution in [1.29, 1.82) is 0 Å². The molecular formula is C22H31N3O3. The van der Waals surface area contributed by atoms with Crippen LogP contribution < -0.4 is 5.32 Å². The highest BCUT2D eigenvalue weighted by molar-refractivity contribution is 6.09. The summed E-state index contributed by atoms with van der Waals surface area (Å²) < 4.78 is 0. The van der Waals surface area contributed by atoms with Crippen LogP contribution in [0.4, 0.5) is 4.79 Å². The van der Waals surface area contributed by atoms with E-state index in [2.05, 4.69) is 38.2 Å². The number of hydrogen-bond acceptors (Lipinski definition) is 3. The molecule has 0 radical (unpaired) electrons. The van der Waals surface area contributed by atoms with Crippen molar-refractivity contribution < 1.29 is 14.4 Å². The Balaban J connectivity index is 1.61. The fourth-order valence-electron chi connectivity index (χ4n) is 4.04. The van der Waals surface area contributed by atoms with Gasteiger partial charge < -0.3 is 10.2 Å². The van der Waals surface area contributed by atoms with Gasteiger partial charge in [-0.05, 0) is 29.4 Å². The summed E-state index contributed by atoms with van der Waals surface area (Å²) >= 11 is 0. The van der Waals surface area contributed by atoms with E-state index in [-0.39, 0.29) is 23.8 Å². The van der Waals surface area contributed by atoms with Crippen molar-refractivity contribution in [2.24, 2.45) is 0 Å². The lowest BCUT2D eigenvalue weighted by molar-refractivity contribution is -0.139. The number of likely N-dealkylation sites (N-methyl/N-ethyl adjacent to an activating group) is 1. The van der Waals surface area contributed by atoms with Crippen LogP contribution in [0.2, 0.25) is 0 Å². The number of imide groups is 1. The zero-order chi connectivity index (χ0) is 20.5. The van der Waals surface area contributed by atoms with Crippen molar-refractivity contribution in [2.75, 3.05) is 13.6 Å². The van der Waals surface area contributed by atoms with Gasteiger partial charge in [-0.25, -0.2) is 4.79 Å². The second-order valence-corrected chi connectivity index (χ2v) is 9.16. The van der Waals surface area contributed by atoms with Gasteiger partial charge >= 0.3 is 6.03 Å². The normalized spacial score (nSPS) is 19.1. The molecule has 1 aliphatic heterocycles. The molecule has 1 N–H and O–H groups in total. The molecule has 6 heteroatoms. The van der Waals surface area contributed by atoms with Gasteiger partial charge in [-0.3, -0.25) is 14.5 Å². The van der Waals surface area contributed by atoms with Gasteiger partial charge in [0.15, 0.2) is 0 Å². The second-order valence-electron chi connectivity index (χ2n) is 9.16. The third-order valence-corrected chi connectivity index (χ3v) is 5.91. The summed E-state index contributed by atoms with van der Waals surface area (Å²) in [7, 11) is 1.70. The highest BCUT2D eigenvalue weighted by Gasteiger charge is 2.51. The lowest BCUT2D eigenvalue weighted by Gasteiger charge is -2.30. The van der Waals surface area contributed by atoms with E-state index in [4.69, 9.17) is 0 Å². The minimum atomic E-state index is -0.781. The Labute approximate surface area is 167 Å². The minimum Gasteiger partial charge on any atom is -0.340 e. The molecule has 0 bridgehead atoms. The van der Waals surface area contributed by atoms with E-state index in [1.165, 1.54) is 5.56 Å². The maximum Gasteiger partial charge on any atom is 0.325 e. The SMILES string of the molecule is CN(Cc1ccc(C(C)(C)C)cc1)C(=O)CN1C(=O)NC2(CCCCC2)C1=O. The number of rotatable bonds is 4. The van der Waals surface area contributed by atoms with Crippen molar-refractivity contribution in [2.45, 2.75) is 70.4 Å². The number of urea groups is 1. The van der Waals surface area contributed by atoms with E-state index in [0.717, 1.165) is 29.7 Å². The number of carbonyl (C=O) groups excluding carboxylic acids is 3. The quantitative estimate of drug-likeness (QED) is 0.809. The maximum absolute atomic E-state index is 12.8. The standard InChI is InChI=1S/C22H31N3O3/c1-21(2,3)17-10-8-16(9-11-17)14-24(4)18(26)15-25-19(27)22(23-20(25)28)12-6-5-7-13-22/h8-11H,5-7,12-15H2,1-4H3,(H,23,28). The molecule has 1 heterocycles. The number of hydrogen-bond donors (Lipinski definition) is 1. The van der Waals surface area contributed by atoms with Crippen molar-refractivity contribution in [3.05, 3.63) is 35.4 Å². The van der Waals surface area contributed by atoms with Gasteiger partial charge in [0.25, 0.3) is 5.91 Å². The van der Waals surface area contributed by atoms with Crippen molar-refractivity contribution in [3.8, 4) is 0 Å². The van der Waals surface area contributed by atoms with Crippen LogP contribution in [0.25, 0.3) is 0 Å². The first kappa shape index (κ1) is 20.4. The zero-order valence-electron chi connectivity index (χ0n) is 17.4. The predicted octanol–water partition coefficient (Wildman–Crippen LogP) is 3.20. The van der Waals surface area contributed by atoms with E-state index >= 15 is 0 Å². The summed E-state index contributed by atoms with van der Waals surface area (Å²) in [5.41, 5.74) is 1.56. The lowest BCUT2D eigenvalue weighted by atomic mass is 9.82. The van der Waals surface area contributed by atoms with Gasteiger partial charge in [0.1, 0.15) is 12.1 Å². The average molecular weight is 386 g/mol. The summed E-state index contributed by atoms with van der Waals surface area (Å²) in [4.78, 5) is 40.4. The van der Waals surface area contributed by atoms with Crippen molar-refractivity contribution >= 4 is 17.8 Å². The maximum atomic E-state index is 12.8. The minimum absolute atomic E-state index is 0.0821. The molecular weight excluding hydrogens is 354 g/mol. The number of carbonyl (C=O) groups is 3. The molecule has 1 spiro atoms. The van der Waals surface area contributed by atoms with Gasteiger partial charge in [0.2, 0.25) is 5.91 Å². The first-order valence-electron chi connectivity index (χ1n) is 10.1. The van der Waals surface area contributed by atoms with Crippen molar-refractivity contribution in [1.82, 2.24) is 15.1 Å². The summed E-state index contributed by atoms with van der Waals surface area (Å²) in [6, 6.07) is 7.77. The average Bonchev–Trinajstić information content (AvgIpc) is 2.86. The summed E-state index contributed by atoms with van der Waals surface area (Å²) in [5.74, 6) is -0.482. The van der Waals surface area contributed by atoms with Gasteiger partial charge in [-0.1, -0.05) is 64.3 Å². The molecule has 1 aliphatic carbocycles. The Bertz CT molecular complexity index is 758. The number of nitrogens with zero attached hydrogens (tertiary/aromatic N) is 2. The summed E-state index contributed by atoms with van der Waals surface area (Å²) in [5, 5.41) is 2.85. The Hall–Kier alpha value is -2.37. The van der Waals surface area contributed by atoms with Crippen LogP contribution >= 0.6 is 0 Å². The van der Waals surface area contributed by atoms with E-state index in [9.17, 15) is 14.4 Å². The van der Waals surface area contributed by atoms with E-state index in [0.29, 0.717) is 19.4 Å². The van der Waals surface area contributed by atoms with Gasteiger partial charge in [0.05, 0.1) is 0 Å². The summed E-state index contributed by atoms with van der Waals surface area (Å²) in [6.07, 6.45) is 4.27. The largest absolute Gasteiger partial charge is 0.340 e. The Morgan fingerprint density at radius 3 is 2.29 bits per heavy atom. The van der Waals surface area contributed by atoms with Crippen LogP contribution in [-0.2, 0) is 21.5 Å². The van der Waals surface area contributed by atoms with Crippen LogP contribution in [-0.4, -0.2) is 46.8 Å². The highest BCUT2D eigenvalue weighted by Crippen LogP contribution is 2.33. The van der Waals surface area contributed by atoms with Gasteiger partial charge in [-0.15, -0.1) is 0 Å². The predicted molar refractivity (Wildman–Crippen MR) is 108 cm³/mol. The monoisotopic (exact) mass is 385 g/mol. The number of amides is 4. The van der Waals surface area contributed by atoms with Crippen LogP contribution in [0.3, 0.4) is 0 Å². The lowest BCUT2D eigenvalue weighted by Crippen LogP contribution is -2.49. The van der Waals surface area contributed by atoms with Crippen LogP contribution in [0, 0.1) is 0 Å². The molecule has 0 aromatic heterocycles. The first-order chi connectivity index (χ1) is 13.1. The van der Waals surface area contributed by atoms with Gasteiger partial charge in [-0.2, -0.15) is 0 Å². The van der Waals surface area contributed by atoms with Crippen LogP contribution in [0.5, 0.6) is 0 Å². The molecule has 1 aromatic carbocycles. The molecule has 2 fully saturated rings. The van der Waals surface area contributed by atoms with Crippen molar-refractivity contribution in [3.63, 3.8) is 0 Å². The third-order valence-electron chi connectivity index (χ3n) is 5.91. The number of nitrogens with one attached hydrogen (secondary N) is 1. The topological polar surface area (TPSA) is 69.7 Å². The molecule has 28 heavy (non-hydrogen) atoms. The molecule has 1 aromatic rings. The zero-order valence-corrected chi connectivity index (χ0v) is 17.4. The summed E-state index contributed by atoms with van der Waals surface area (Å²) in [6.45, 7) is 6.72. The van der Waals surface area contributed by atoms with Crippen LogP contribution in [0.1, 0.15) is 64.0 Å². The molecule has 152 valence electrons. The molecule has 4 amide bonds. The molecule has 0 unspecified atom stereocenters. The second kappa shape index (κ2) is 7.57. The highest BCUT2D eigenvalue weighted by atomic mass is 16.2. The van der Waals surface area contributed by atoms with E-state index in [1.807, 2.05) is 12.1 Å². The Kier molecular flexibility index (Phi) is 5.50. The molecule has 6 nitrogen and oxygen atoms in total. The molecule has 3 rings (SSSR count). The fraction of sp³-hybridized carbons (Fsp3) is 0.591. The molecule has 2 aliphatic rings. The first-order valence-corrected chi connectivity index (χ1v) is 10.1. The molecule has 1 saturated carbocycles. The van der Waals surface area contributed by atoms with Gasteiger partial charge in [0, 0.05) is 13.6 Å². The fourth-order valence-corrected chi connectivity index (χ4v) is 4.04. The molecule has 1 saturated heterocycles. The Morgan fingerprint density at radius 2 is 1.71 bits per heavy atom. The van der Waals surface area contributed by atoms with E-state index < -0.39 is 11.6 Å². The van der Waals surface area contributed by atoms with Crippen LogP contribution in [0.15, 0.2) is 24.3 Å². The Morgan fingerprint density at radius 1 is 1.11 bits per heavy atom. The number of benzene rings is 1. The van der Waals surface area contributed by atoms with E-state index in [1.54, 1.807) is 11.9 Å². The molecule has 0 atom stereocenters. The smallest absolute Gasteiger partial charge is 0.325 e. The third kappa shape index (κ3) is 4.05.